The summed E-state index contributed by atoms with van der Waals surface area (Å²) >= 11 is 0. The van der Waals surface area contributed by atoms with Gasteiger partial charge in [-0.15, -0.1) is 5.10 Å². The first-order chi connectivity index (χ1) is 8.84. The van der Waals surface area contributed by atoms with Gasteiger partial charge in [-0.2, -0.15) is 0 Å². The van der Waals surface area contributed by atoms with Crippen molar-refractivity contribution in [2.75, 3.05) is 5.73 Å². The van der Waals surface area contributed by atoms with E-state index in [-0.39, 0.29) is 0 Å². The summed E-state index contributed by atoms with van der Waals surface area (Å²) in [7, 11) is 0. The molecule has 0 atom stereocenters. The van der Waals surface area contributed by atoms with Crippen molar-refractivity contribution < 1.29 is 0 Å². The van der Waals surface area contributed by atoms with Crippen LogP contribution in [0, 0.1) is 0 Å². The van der Waals surface area contributed by atoms with Crippen molar-refractivity contribution in [3.05, 3.63) is 30.9 Å². The van der Waals surface area contributed by atoms with Gasteiger partial charge in [-0.05, 0) is 12.5 Å². The molecule has 0 aromatic carbocycles. The van der Waals surface area contributed by atoms with Crippen LogP contribution >= 0.6 is 0 Å². The predicted molar refractivity (Wildman–Crippen MR) is 66.6 cm³/mol. The van der Waals surface area contributed by atoms with Crippen LogP contribution in [0.2, 0.25) is 0 Å². The molecule has 0 amide bonds. The highest BCUT2D eigenvalue weighted by molar-refractivity contribution is 5.76. The number of fused-ring (bicyclic) bond motifs is 1. The molecule has 3 aromatic rings. The topological polar surface area (TPSA) is 87.4 Å². The minimum Gasteiger partial charge on any atom is -0.369 e. The molecule has 0 fully saturated rings. The lowest BCUT2D eigenvalue weighted by Gasteiger charge is -2.06. The van der Waals surface area contributed by atoms with Crippen molar-refractivity contribution >= 4 is 17.0 Å². The molecule has 3 aromatic heterocycles. The number of imidazole rings is 1. The number of nitrogen functional groups attached to an aromatic ring is 1. The number of pyridine rings is 1. The summed E-state index contributed by atoms with van der Waals surface area (Å²) in [5.41, 5.74) is 7.75. The fourth-order valence-corrected chi connectivity index (χ4v) is 1.98. The first kappa shape index (κ1) is 10.7. The number of nitrogens with two attached hydrogens (primary N) is 1. The van der Waals surface area contributed by atoms with Crippen LogP contribution in [0.5, 0.6) is 0 Å². The van der Waals surface area contributed by atoms with Gasteiger partial charge in [0.1, 0.15) is 5.52 Å². The summed E-state index contributed by atoms with van der Waals surface area (Å²) in [6.07, 6.45) is 7.91. The molecular formula is C11H13N7. The van der Waals surface area contributed by atoms with Gasteiger partial charge in [0.05, 0.1) is 17.9 Å². The molecule has 7 heteroatoms. The summed E-state index contributed by atoms with van der Waals surface area (Å²) in [6, 6.07) is 1.92. The lowest BCUT2D eigenvalue weighted by molar-refractivity contribution is 0.521. The second-order valence-electron chi connectivity index (χ2n) is 4.01. The van der Waals surface area contributed by atoms with E-state index >= 15 is 0 Å². The summed E-state index contributed by atoms with van der Waals surface area (Å²) in [5.74, 6) is 0.525. The average Bonchev–Trinajstić information content (AvgIpc) is 2.98. The summed E-state index contributed by atoms with van der Waals surface area (Å²) < 4.78 is 3.80. The zero-order valence-electron chi connectivity index (χ0n) is 9.77. The van der Waals surface area contributed by atoms with Crippen LogP contribution in [-0.2, 0) is 13.1 Å². The van der Waals surface area contributed by atoms with E-state index in [0.717, 1.165) is 30.5 Å². The Balaban J connectivity index is 1.76. The number of hydrogen-bond donors (Lipinski definition) is 1. The van der Waals surface area contributed by atoms with E-state index in [1.807, 2.05) is 16.8 Å². The fourth-order valence-electron chi connectivity index (χ4n) is 1.98. The van der Waals surface area contributed by atoms with E-state index in [9.17, 15) is 0 Å². The van der Waals surface area contributed by atoms with E-state index in [2.05, 4.69) is 20.3 Å². The average molecular weight is 243 g/mol. The molecule has 18 heavy (non-hydrogen) atoms. The molecule has 3 heterocycles. The molecule has 0 bridgehead atoms. The highest BCUT2D eigenvalue weighted by Gasteiger charge is 2.07. The van der Waals surface area contributed by atoms with Crippen molar-refractivity contribution in [2.24, 2.45) is 0 Å². The Morgan fingerprint density at radius 2 is 2.17 bits per heavy atom. The van der Waals surface area contributed by atoms with Gasteiger partial charge >= 0.3 is 0 Å². The van der Waals surface area contributed by atoms with Crippen LogP contribution in [0.1, 0.15) is 6.42 Å². The summed E-state index contributed by atoms with van der Waals surface area (Å²) in [5, 5.41) is 7.69. The van der Waals surface area contributed by atoms with Gasteiger partial charge in [0.15, 0.2) is 0 Å². The minimum atomic E-state index is 0.525. The quantitative estimate of drug-likeness (QED) is 0.728. The van der Waals surface area contributed by atoms with Crippen molar-refractivity contribution in [1.82, 2.24) is 29.5 Å². The Labute approximate surface area is 103 Å². The molecule has 2 N–H and O–H groups in total. The molecule has 0 saturated carbocycles. The van der Waals surface area contributed by atoms with Crippen molar-refractivity contribution in [3.63, 3.8) is 0 Å². The molecule has 0 unspecified atom stereocenters. The van der Waals surface area contributed by atoms with Crippen LogP contribution < -0.4 is 5.73 Å². The Hall–Kier alpha value is -2.44. The second kappa shape index (κ2) is 4.44. The Morgan fingerprint density at radius 3 is 3.00 bits per heavy atom. The monoisotopic (exact) mass is 243 g/mol. The maximum Gasteiger partial charge on any atom is 0.201 e. The molecule has 92 valence electrons. The van der Waals surface area contributed by atoms with Crippen LogP contribution in [0.15, 0.2) is 30.9 Å². The van der Waals surface area contributed by atoms with Gasteiger partial charge < -0.3 is 10.3 Å². The zero-order chi connectivity index (χ0) is 12.4. The third kappa shape index (κ3) is 1.90. The molecule has 0 saturated heterocycles. The first-order valence-electron chi connectivity index (χ1n) is 5.74. The van der Waals surface area contributed by atoms with Crippen LogP contribution in [-0.4, -0.2) is 29.5 Å². The van der Waals surface area contributed by atoms with Crippen LogP contribution in [0.25, 0.3) is 11.0 Å². The van der Waals surface area contributed by atoms with Gasteiger partial charge in [0.25, 0.3) is 0 Å². The number of aryl methyl sites for hydroxylation is 2. The third-order valence-corrected chi connectivity index (χ3v) is 2.82. The van der Waals surface area contributed by atoms with Gasteiger partial charge in [0, 0.05) is 25.5 Å². The van der Waals surface area contributed by atoms with E-state index in [1.165, 1.54) is 0 Å². The van der Waals surface area contributed by atoms with Crippen molar-refractivity contribution in [1.29, 1.82) is 0 Å². The molecule has 3 rings (SSSR count). The zero-order valence-corrected chi connectivity index (χ0v) is 9.77. The van der Waals surface area contributed by atoms with E-state index in [1.54, 1.807) is 23.3 Å². The molecule has 0 spiro atoms. The van der Waals surface area contributed by atoms with Gasteiger partial charge in [-0.25, -0.2) is 4.98 Å². The Bertz CT molecular complexity index is 641. The molecule has 0 radical (unpaired) electrons. The molecule has 0 aliphatic rings. The highest BCUT2D eigenvalue weighted by Crippen LogP contribution is 2.16. The van der Waals surface area contributed by atoms with Crippen molar-refractivity contribution in [3.8, 4) is 0 Å². The number of anilines is 1. The van der Waals surface area contributed by atoms with Gasteiger partial charge in [0.2, 0.25) is 5.95 Å². The largest absolute Gasteiger partial charge is 0.369 e. The molecular weight excluding hydrogens is 230 g/mol. The van der Waals surface area contributed by atoms with Crippen LogP contribution in [0.3, 0.4) is 0 Å². The lowest BCUT2D eigenvalue weighted by atomic mass is 10.3. The fraction of sp³-hybridized carbons (Fsp3) is 0.273. The smallest absolute Gasteiger partial charge is 0.201 e. The van der Waals surface area contributed by atoms with E-state index < -0.39 is 0 Å². The Morgan fingerprint density at radius 1 is 1.22 bits per heavy atom. The van der Waals surface area contributed by atoms with Crippen molar-refractivity contribution in [2.45, 2.75) is 19.5 Å². The normalized spacial score (nSPS) is 11.1. The highest BCUT2D eigenvalue weighted by atomic mass is 15.4. The number of hydrogen-bond acceptors (Lipinski definition) is 5. The third-order valence-electron chi connectivity index (χ3n) is 2.82. The predicted octanol–water partition coefficient (Wildman–Crippen LogP) is 0.695. The number of rotatable bonds is 4. The van der Waals surface area contributed by atoms with E-state index in [0.29, 0.717) is 5.95 Å². The minimum absolute atomic E-state index is 0.525. The molecule has 7 nitrogen and oxygen atoms in total. The molecule has 0 aliphatic heterocycles. The first-order valence-corrected chi connectivity index (χ1v) is 5.74. The SMILES string of the molecule is Nc1nc2cnccc2n1CCCn1ccnn1. The summed E-state index contributed by atoms with van der Waals surface area (Å²) in [4.78, 5) is 8.31. The Kier molecular flexibility index (Phi) is 2.64. The molecule has 0 aliphatic carbocycles. The maximum atomic E-state index is 5.90. The van der Waals surface area contributed by atoms with Gasteiger partial charge in [-0.3, -0.25) is 9.67 Å². The van der Waals surface area contributed by atoms with Gasteiger partial charge in [-0.1, -0.05) is 5.21 Å². The number of nitrogens with zero attached hydrogens (tertiary/aromatic N) is 6. The standard InChI is InChI=1S/C11H13N7/c12-11-15-9-8-13-3-2-10(9)18(11)6-1-5-17-7-4-14-16-17/h2-4,7-8H,1,5-6H2,(H2,12,15). The number of aromatic nitrogens is 6. The summed E-state index contributed by atoms with van der Waals surface area (Å²) in [6.45, 7) is 1.61. The van der Waals surface area contributed by atoms with E-state index in [4.69, 9.17) is 5.73 Å². The maximum absolute atomic E-state index is 5.90. The second-order valence-corrected chi connectivity index (χ2v) is 4.01. The lowest BCUT2D eigenvalue weighted by Crippen LogP contribution is -2.07. The van der Waals surface area contributed by atoms with Crippen LogP contribution in [0.4, 0.5) is 5.95 Å².